The lowest BCUT2D eigenvalue weighted by Gasteiger charge is -2.59. The Morgan fingerprint density at radius 1 is 0.971 bits per heavy atom. The SMILES string of the molecule is CC(C)CCCC(C)[C@H]1CC[C@H]2[C@@H]3CC4OC45C[C@@H](O)CC[C@]5(C)[C@H]3CC[C@]12C.O=S(=O)(O)O. The third-order valence-corrected chi connectivity index (χ3v) is 11.3. The van der Waals surface area contributed by atoms with E-state index in [-0.39, 0.29) is 11.7 Å². The van der Waals surface area contributed by atoms with Crippen molar-refractivity contribution in [3.63, 3.8) is 0 Å². The van der Waals surface area contributed by atoms with Crippen molar-refractivity contribution in [3.8, 4) is 0 Å². The molecule has 1 heterocycles. The Kier molecular flexibility index (Phi) is 7.32. The van der Waals surface area contributed by atoms with Crippen molar-refractivity contribution in [2.24, 2.45) is 46.3 Å². The molecule has 10 atom stereocenters. The van der Waals surface area contributed by atoms with Crippen LogP contribution in [-0.2, 0) is 15.1 Å². The second-order valence-electron chi connectivity index (χ2n) is 13.4. The van der Waals surface area contributed by atoms with Gasteiger partial charge in [0.1, 0.15) is 5.60 Å². The fraction of sp³-hybridized carbons (Fsp3) is 1.00. The summed E-state index contributed by atoms with van der Waals surface area (Å²) < 4.78 is 38.1. The summed E-state index contributed by atoms with van der Waals surface area (Å²) in [4.78, 5) is 0. The number of epoxide rings is 1. The van der Waals surface area contributed by atoms with Gasteiger partial charge in [-0.1, -0.05) is 53.9 Å². The molecule has 1 aliphatic heterocycles. The van der Waals surface area contributed by atoms with Gasteiger partial charge in [-0.3, -0.25) is 9.11 Å². The van der Waals surface area contributed by atoms with E-state index in [1.54, 1.807) is 0 Å². The number of hydrogen-bond donors (Lipinski definition) is 3. The zero-order valence-corrected chi connectivity index (χ0v) is 22.7. The first-order chi connectivity index (χ1) is 15.7. The molecule has 6 nitrogen and oxygen atoms in total. The highest BCUT2D eigenvalue weighted by Gasteiger charge is 2.76. The molecule has 0 aromatic carbocycles. The van der Waals surface area contributed by atoms with Gasteiger partial charge in [-0.25, -0.2) is 0 Å². The van der Waals surface area contributed by atoms with Gasteiger partial charge >= 0.3 is 10.4 Å². The molecule has 5 fully saturated rings. The molecule has 4 aliphatic carbocycles. The molecule has 1 spiro atoms. The Bertz CT molecular complexity index is 836. The maximum atomic E-state index is 10.4. The first-order valence-corrected chi connectivity index (χ1v) is 15.2. The minimum atomic E-state index is -4.67. The summed E-state index contributed by atoms with van der Waals surface area (Å²) in [5, 5.41) is 10.4. The Morgan fingerprint density at radius 3 is 2.29 bits per heavy atom. The molecule has 34 heavy (non-hydrogen) atoms. The van der Waals surface area contributed by atoms with E-state index in [4.69, 9.17) is 22.3 Å². The van der Waals surface area contributed by atoms with Crippen LogP contribution >= 0.6 is 0 Å². The maximum absolute atomic E-state index is 10.4. The Balaban J connectivity index is 0.000000499. The van der Waals surface area contributed by atoms with Crippen LogP contribution in [0, 0.1) is 46.3 Å². The number of aliphatic hydroxyl groups excluding tert-OH is 1. The van der Waals surface area contributed by atoms with Gasteiger partial charge in [-0.2, -0.15) is 8.42 Å². The number of ether oxygens (including phenoxy) is 1. The molecule has 0 aromatic rings. The van der Waals surface area contributed by atoms with Crippen LogP contribution in [0.15, 0.2) is 0 Å². The van der Waals surface area contributed by atoms with Crippen molar-refractivity contribution in [2.45, 2.75) is 123 Å². The third-order valence-electron chi connectivity index (χ3n) is 11.3. The van der Waals surface area contributed by atoms with Gasteiger partial charge in [0.15, 0.2) is 0 Å². The van der Waals surface area contributed by atoms with Gasteiger partial charge in [0.05, 0.1) is 12.2 Å². The molecule has 3 N–H and O–H groups in total. The van der Waals surface area contributed by atoms with Gasteiger partial charge < -0.3 is 9.84 Å². The minimum Gasteiger partial charge on any atom is -0.393 e. The van der Waals surface area contributed by atoms with Crippen LogP contribution in [0.5, 0.6) is 0 Å². The maximum Gasteiger partial charge on any atom is 0.394 e. The number of aliphatic hydroxyl groups is 1. The lowest BCUT2D eigenvalue weighted by molar-refractivity contribution is -0.116. The summed E-state index contributed by atoms with van der Waals surface area (Å²) in [5.74, 6) is 5.31. The second-order valence-corrected chi connectivity index (χ2v) is 14.3. The van der Waals surface area contributed by atoms with E-state index in [1.807, 2.05) is 0 Å². The van der Waals surface area contributed by atoms with Crippen molar-refractivity contribution in [1.29, 1.82) is 0 Å². The van der Waals surface area contributed by atoms with E-state index in [0.717, 1.165) is 48.3 Å². The van der Waals surface area contributed by atoms with Crippen LogP contribution in [0.2, 0.25) is 0 Å². The lowest BCUT2D eigenvalue weighted by Crippen LogP contribution is -2.58. The molecule has 5 aliphatic rings. The molecule has 0 radical (unpaired) electrons. The van der Waals surface area contributed by atoms with E-state index >= 15 is 0 Å². The Morgan fingerprint density at radius 2 is 1.65 bits per heavy atom. The average molecular weight is 501 g/mol. The van der Waals surface area contributed by atoms with Gasteiger partial charge in [0, 0.05) is 11.8 Å². The summed E-state index contributed by atoms with van der Waals surface area (Å²) in [6.07, 6.45) is 14.8. The number of hydrogen-bond acceptors (Lipinski definition) is 4. The monoisotopic (exact) mass is 500 g/mol. The highest BCUT2D eigenvalue weighted by molar-refractivity contribution is 7.79. The predicted molar refractivity (Wildman–Crippen MR) is 133 cm³/mol. The zero-order valence-electron chi connectivity index (χ0n) is 21.9. The molecule has 198 valence electrons. The Labute approximate surface area is 207 Å². The van der Waals surface area contributed by atoms with E-state index in [1.165, 1.54) is 57.8 Å². The highest BCUT2D eigenvalue weighted by Crippen LogP contribution is 2.74. The van der Waals surface area contributed by atoms with Crippen molar-refractivity contribution < 1.29 is 27.4 Å². The number of rotatable bonds is 5. The summed E-state index contributed by atoms with van der Waals surface area (Å²) in [5.41, 5.74) is 0.932. The molecule has 5 rings (SSSR count). The summed E-state index contributed by atoms with van der Waals surface area (Å²) in [7, 11) is -4.67. The van der Waals surface area contributed by atoms with Gasteiger partial charge in [0.2, 0.25) is 0 Å². The third kappa shape index (κ3) is 4.73. The molecular formula is C27H48O6S. The van der Waals surface area contributed by atoms with Crippen LogP contribution in [0.25, 0.3) is 0 Å². The molecule has 3 unspecified atom stereocenters. The molecule has 4 saturated carbocycles. The minimum absolute atomic E-state index is 0.0434. The lowest BCUT2D eigenvalue weighted by atomic mass is 9.44. The molecule has 1 saturated heterocycles. The summed E-state index contributed by atoms with van der Waals surface area (Å²) in [6, 6.07) is 0. The fourth-order valence-electron chi connectivity index (χ4n) is 9.68. The average Bonchev–Trinajstić information content (AvgIpc) is 3.27. The molecule has 0 aromatic heterocycles. The van der Waals surface area contributed by atoms with E-state index in [2.05, 4.69) is 34.6 Å². The first-order valence-electron chi connectivity index (χ1n) is 13.8. The van der Waals surface area contributed by atoms with E-state index in [0.29, 0.717) is 16.9 Å². The van der Waals surface area contributed by atoms with E-state index < -0.39 is 10.4 Å². The van der Waals surface area contributed by atoms with Crippen LogP contribution in [0.4, 0.5) is 0 Å². The summed E-state index contributed by atoms with van der Waals surface area (Å²) in [6.45, 7) is 12.6. The van der Waals surface area contributed by atoms with Gasteiger partial charge in [-0.15, -0.1) is 0 Å². The van der Waals surface area contributed by atoms with Crippen molar-refractivity contribution in [2.75, 3.05) is 0 Å². The second kappa shape index (κ2) is 9.27. The van der Waals surface area contributed by atoms with Gasteiger partial charge in [-0.05, 0) is 85.9 Å². The van der Waals surface area contributed by atoms with Crippen LogP contribution in [0.3, 0.4) is 0 Å². The highest BCUT2D eigenvalue weighted by atomic mass is 32.3. The van der Waals surface area contributed by atoms with Crippen LogP contribution < -0.4 is 0 Å². The first kappa shape index (κ1) is 26.8. The molecule has 0 amide bonds. The van der Waals surface area contributed by atoms with Crippen LogP contribution in [0.1, 0.15) is 105 Å². The number of fused-ring (bicyclic) bond motifs is 4. The normalized spacial score (nSPS) is 48.0. The Hall–Kier alpha value is -0.210. The van der Waals surface area contributed by atoms with E-state index in [9.17, 15) is 5.11 Å². The fourth-order valence-corrected chi connectivity index (χ4v) is 9.68. The summed E-state index contributed by atoms with van der Waals surface area (Å²) >= 11 is 0. The molecule has 7 heteroatoms. The molecular weight excluding hydrogens is 452 g/mol. The smallest absolute Gasteiger partial charge is 0.393 e. The van der Waals surface area contributed by atoms with Crippen molar-refractivity contribution >= 4 is 10.4 Å². The zero-order chi connectivity index (χ0) is 25.1. The quantitative estimate of drug-likeness (QED) is 0.318. The topological polar surface area (TPSA) is 107 Å². The van der Waals surface area contributed by atoms with Crippen molar-refractivity contribution in [1.82, 2.24) is 0 Å². The standard InChI is InChI=1S/C27H46O2.H2O4S/c1-17(2)7-6-8-18(3)21-9-10-22-20-15-24-27(29-24)16-19(28)11-14-26(27,5)23(20)12-13-25(21,22)4;1-5(2,3)4/h17-24,28H,6-16H2,1-5H3;(H2,1,2,3,4)/t18?,19-,20-,21+,22-,23-,24?,25+,26+,27?;/m0./s1. The van der Waals surface area contributed by atoms with Crippen molar-refractivity contribution in [3.05, 3.63) is 0 Å². The van der Waals surface area contributed by atoms with Gasteiger partial charge in [0.25, 0.3) is 0 Å². The predicted octanol–water partition coefficient (Wildman–Crippen LogP) is 5.95. The largest absolute Gasteiger partial charge is 0.394 e. The van der Waals surface area contributed by atoms with Crippen LogP contribution in [-0.4, -0.2) is 40.4 Å². The molecule has 0 bridgehead atoms.